The van der Waals surface area contributed by atoms with Crippen LogP contribution in [0.5, 0.6) is 0 Å². The minimum atomic E-state index is -4.72. The molecule has 1 aromatic heterocycles. The molecule has 0 bridgehead atoms. The van der Waals surface area contributed by atoms with Crippen LogP contribution in [0.15, 0.2) is 60.8 Å². The van der Waals surface area contributed by atoms with Gasteiger partial charge >= 0.3 is 6.18 Å². The number of carbonyl (C=O) groups excluding carboxylic acids is 1. The molecule has 0 radical (unpaired) electrons. The highest BCUT2D eigenvalue weighted by Gasteiger charge is 2.40. The van der Waals surface area contributed by atoms with Crippen molar-refractivity contribution >= 4 is 5.91 Å². The van der Waals surface area contributed by atoms with E-state index in [1.165, 1.54) is 0 Å². The number of hydrogen-bond donors (Lipinski definition) is 1. The number of nitrogens with one attached hydrogen (secondary N) is 1. The molecule has 0 aliphatic carbocycles. The first-order valence-electron chi connectivity index (χ1n) is 9.33. The molecular formula is C22H22F3N3O. The lowest BCUT2D eigenvalue weighted by Crippen LogP contribution is -2.34. The first-order chi connectivity index (χ1) is 13.8. The van der Waals surface area contributed by atoms with E-state index in [-0.39, 0.29) is 11.7 Å². The normalized spacial score (nSPS) is 12.6. The molecule has 0 saturated carbocycles. The number of nitrogens with zero attached hydrogens (tertiary/aromatic N) is 2. The number of carbonyl (C=O) groups is 1. The second-order valence-corrected chi connectivity index (χ2v) is 7.05. The topological polar surface area (TPSA) is 46.9 Å². The van der Waals surface area contributed by atoms with Gasteiger partial charge in [-0.05, 0) is 44.4 Å². The Kier molecular flexibility index (Phi) is 6.06. The fourth-order valence-corrected chi connectivity index (χ4v) is 3.07. The van der Waals surface area contributed by atoms with Crippen LogP contribution in [0.1, 0.15) is 40.5 Å². The quantitative estimate of drug-likeness (QED) is 0.635. The molecule has 2 aromatic carbocycles. The molecule has 152 valence electrons. The van der Waals surface area contributed by atoms with Gasteiger partial charge in [0.2, 0.25) is 0 Å². The van der Waals surface area contributed by atoms with Crippen molar-refractivity contribution in [1.29, 1.82) is 0 Å². The number of hydrogen-bond acceptors (Lipinski definition) is 2. The van der Waals surface area contributed by atoms with Gasteiger partial charge < -0.3 is 5.32 Å². The number of benzene rings is 2. The van der Waals surface area contributed by atoms with Crippen molar-refractivity contribution in [3.05, 3.63) is 83.2 Å². The Morgan fingerprint density at radius 1 is 1.10 bits per heavy atom. The molecular weight excluding hydrogens is 379 g/mol. The molecule has 1 unspecified atom stereocenters. The van der Waals surface area contributed by atoms with Crippen molar-refractivity contribution in [3.8, 4) is 5.69 Å². The average molecular weight is 401 g/mol. The zero-order chi connectivity index (χ0) is 21.0. The second-order valence-electron chi connectivity index (χ2n) is 7.05. The molecule has 1 amide bonds. The van der Waals surface area contributed by atoms with E-state index in [0.29, 0.717) is 6.42 Å². The summed E-state index contributed by atoms with van der Waals surface area (Å²) in [5, 5.41) is 6.50. The Morgan fingerprint density at radius 3 is 2.38 bits per heavy atom. The standard InChI is InChI=1S/C22H22F3N3O/c1-15-8-12-18(13-9-15)28-20(22(23,24)25)19(14-26-28)21(29)27-16(2)10-11-17-6-4-3-5-7-17/h3-9,12-14,16H,10-11H2,1-2H3,(H,27,29). The second kappa shape index (κ2) is 8.51. The Labute approximate surface area is 167 Å². The third-order valence-corrected chi connectivity index (χ3v) is 4.65. The zero-order valence-electron chi connectivity index (χ0n) is 16.2. The first-order valence-corrected chi connectivity index (χ1v) is 9.33. The van der Waals surface area contributed by atoms with Crippen LogP contribution < -0.4 is 5.32 Å². The van der Waals surface area contributed by atoms with Crippen molar-refractivity contribution < 1.29 is 18.0 Å². The Hall–Kier alpha value is -3.09. The molecule has 0 spiro atoms. The summed E-state index contributed by atoms with van der Waals surface area (Å²) in [4.78, 5) is 12.6. The lowest BCUT2D eigenvalue weighted by molar-refractivity contribution is -0.143. The van der Waals surface area contributed by atoms with Gasteiger partial charge in [-0.2, -0.15) is 18.3 Å². The number of aryl methyl sites for hydroxylation is 2. The monoisotopic (exact) mass is 401 g/mol. The van der Waals surface area contributed by atoms with Gasteiger partial charge in [0.15, 0.2) is 5.69 Å². The number of rotatable bonds is 6. The van der Waals surface area contributed by atoms with E-state index in [4.69, 9.17) is 0 Å². The van der Waals surface area contributed by atoms with Crippen LogP contribution in [0, 0.1) is 6.92 Å². The van der Waals surface area contributed by atoms with Gasteiger partial charge in [-0.3, -0.25) is 4.79 Å². The molecule has 0 aliphatic heterocycles. The van der Waals surface area contributed by atoms with Gasteiger partial charge in [0.05, 0.1) is 17.4 Å². The molecule has 1 heterocycles. The molecule has 4 nitrogen and oxygen atoms in total. The molecule has 7 heteroatoms. The van der Waals surface area contributed by atoms with Gasteiger partial charge in [0.25, 0.3) is 5.91 Å². The fraction of sp³-hybridized carbons (Fsp3) is 0.273. The van der Waals surface area contributed by atoms with Gasteiger partial charge in [0, 0.05) is 6.04 Å². The summed E-state index contributed by atoms with van der Waals surface area (Å²) in [6.07, 6.45) is -2.41. The van der Waals surface area contributed by atoms with Gasteiger partial charge in [0.1, 0.15) is 0 Å². The maximum absolute atomic E-state index is 13.7. The van der Waals surface area contributed by atoms with E-state index in [9.17, 15) is 18.0 Å². The first kappa shape index (κ1) is 20.6. The third kappa shape index (κ3) is 5.04. The summed E-state index contributed by atoms with van der Waals surface area (Å²) in [7, 11) is 0. The summed E-state index contributed by atoms with van der Waals surface area (Å²) in [5.74, 6) is -0.781. The molecule has 0 fully saturated rings. The van der Waals surface area contributed by atoms with Gasteiger partial charge in [-0.15, -0.1) is 0 Å². The summed E-state index contributed by atoms with van der Waals surface area (Å²) < 4.78 is 42.0. The number of amides is 1. The molecule has 3 aromatic rings. The highest BCUT2D eigenvalue weighted by atomic mass is 19.4. The lowest BCUT2D eigenvalue weighted by atomic mass is 10.1. The van der Waals surface area contributed by atoms with Crippen LogP contribution in [0.3, 0.4) is 0 Å². The maximum Gasteiger partial charge on any atom is 0.434 e. The van der Waals surface area contributed by atoms with Crippen LogP contribution in [-0.4, -0.2) is 21.7 Å². The van der Waals surface area contributed by atoms with Gasteiger partial charge in [-0.25, -0.2) is 4.68 Å². The largest absolute Gasteiger partial charge is 0.434 e. The molecule has 0 aliphatic rings. The Balaban J connectivity index is 1.78. The molecule has 3 rings (SSSR count). The van der Waals surface area contributed by atoms with Crippen LogP contribution >= 0.6 is 0 Å². The summed E-state index contributed by atoms with van der Waals surface area (Å²) >= 11 is 0. The summed E-state index contributed by atoms with van der Waals surface area (Å²) in [5.41, 5.74) is 0.717. The molecule has 29 heavy (non-hydrogen) atoms. The van der Waals surface area contributed by atoms with Crippen LogP contribution in [-0.2, 0) is 12.6 Å². The van der Waals surface area contributed by atoms with Crippen LogP contribution in [0.4, 0.5) is 13.2 Å². The number of alkyl halides is 3. The van der Waals surface area contributed by atoms with Crippen molar-refractivity contribution in [1.82, 2.24) is 15.1 Å². The highest BCUT2D eigenvalue weighted by molar-refractivity contribution is 5.95. The lowest BCUT2D eigenvalue weighted by Gasteiger charge is -2.16. The highest BCUT2D eigenvalue weighted by Crippen LogP contribution is 2.33. The van der Waals surface area contributed by atoms with E-state index in [2.05, 4.69) is 10.4 Å². The molecule has 1 N–H and O–H groups in total. The number of aromatic nitrogens is 2. The Bertz CT molecular complexity index is 963. The molecule has 0 saturated heterocycles. The van der Waals surface area contributed by atoms with Gasteiger partial charge in [-0.1, -0.05) is 48.0 Å². The van der Waals surface area contributed by atoms with E-state index in [1.807, 2.05) is 37.3 Å². The molecule has 1 atom stereocenters. The maximum atomic E-state index is 13.7. The van der Waals surface area contributed by atoms with E-state index in [1.54, 1.807) is 31.2 Å². The predicted octanol–water partition coefficient (Wildman–Crippen LogP) is 4.95. The Morgan fingerprint density at radius 2 is 1.76 bits per heavy atom. The SMILES string of the molecule is Cc1ccc(-n2ncc(C(=O)NC(C)CCc3ccccc3)c2C(F)(F)F)cc1. The van der Waals surface area contributed by atoms with Crippen LogP contribution in [0.25, 0.3) is 5.69 Å². The predicted molar refractivity (Wildman–Crippen MR) is 105 cm³/mol. The minimum absolute atomic E-state index is 0.249. The van der Waals surface area contributed by atoms with Crippen molar-refractivity contribution in [3.63, 3.8) is 0 Å². The summed E-state index contributed by atoms with van der Waals surface area (Å²) in [6, 6.07) is 15.9. The smallest absolute Gasteiger partial charge is 0.349 e. The summed E-state index contributed by atoms with van der Waals surface area (Å²) in [6.45, 7) is 3.62. The van der Waals surface area contributed by atoms with Crippen molar-refractivity contribution in [2.45, 2.75) is 38.9 Å². The van der Waals surface area contributed by atoms with Crippen LogP contribution in [0.2, 0.25) is 0 Å². The van der Waals surface area contributed by atoms with E-state index >= 15 is 0 Å². The number of halogens is 3. The van der Waals surface area contributed by atoms with Crippen molar-refractivity contribution in [2.75, 3.05) is 0 Å². The average Bonchev–Trinajstić information content (AvgIpc) is 3.14. The van der Waals surface area contributed by atoms with Crippen molar-refractivity contribution in [2.24, 2.45) is 0 Å². The third-order valence-electron chi connectivity index (χ3n) is 4.65. The fourth-order valence-electron chi connectivity index (χ4n) is 3.07. The van der Waals surface area contributed by atoms with E-state index < -0.39 is 23.3 Å². The minimum Gasteiger partial charge on any atom is -0.349 e. The zero-order valence-corrected chi connectivity index (χ0v) is 16.2. The van der Waals surface area contributed by atoms with E-state index in [0.717, 1.165) is 28.4 Å².